The van der Waals surface area contributed by atoms with Crippen LogP contribution in [-0.4, -0.2) is 34.1 Å². The molecule has 0 radical (unpaired) electrons. The van der Waals surface area contributed by atoms with Gasteiger partial charge in [0.15, 0.2) is 5.17 Å². The van der Waals surface area contributed by atoms with Gasteiger partial charge in [0.1, 0.15) is 12.4 Å². The maximum atomic E-state index is 12.8. The van der Waals surface area contributed by atoms with Crippen molar-refractivity contribution in [1.29, 1.82) is 0 Å². The summed E-state index contributed by atoms with van der Waals surface area (Å²) in [5.41, 5.74) is 3.66. The minimum Gasteiger partial charge on any atom is -0.488 e. The summed E-state index contributed by atoms with van der Waals surface area (Å²) in [5, 5.41) is 9.66. The topological polar surface area (TPSA) is 79.2 Å². The van der Waals surface area contributed by atoms with Gasteiger partial charge in [-0.15, -0.1) is 0 Å². The van der Waals surface area contributed by atoms with E-state index in [-0.39, 0.29) is 11.5 Å². The summed E-state index contributed by atoms with van der Waals surface area (Å²) in [6, 6.07) is 22.0. The second kappa shape index (κ2) is 9.75. The molecule has 0 atom stereocenters. The van der Waals surface area contributed by atoms with E-state index in [9.17, 15) is 14.7 Å². The fourth-order valence-electron chi connectivity index (χ4n) is 3.19. The number of thioether (sulfide) groups is 1. The van der Waals surface area contributed by atoms with E-state index < -0.39 is 5.97 Å². The number of hydrogen-bond donors (Lipinski definition) is 1. The number of para-hydroxylation sites is 1. The Balaban J connectivity index is 1.56. The highest BCUT2D eigenvalue weighted by molar-refractivity contribution is 8.18. The first-order chi connectivity index (χ1) is 15.9. The Morgan fingerprint density at radius 2 is 1.85 bits per heavy atom. The predicted octanol–water partition coefficient (Wildman–Crippen LogP) is 5.51. The monoisotopic (exact) mass is 458 g/mol. The van der Waals surface area contributed by atoms with Crippen molar-refractivity contribution in [3.63, 3.8) is 0 Å². The van der Waals surface area contributed by atoms with Gasteiger partial charge in [-0.1, -0.05) is 54.1 Å². The number of carboxylic acid groups (broad SMARTS) is 1. The molecule has 1 heterocycles. The molecule has 3 aromatic rings. The fraction of sp³-hybridized carbons (Fsp3) is 0.115. The molecule has 0 unspecified atom stereocenters. The average Bonchev–Trinajstić information content (AvgIpc) is 3.07. The van der Waals surface area contributed by atoms with E-state index >= 15 is 0 Å². The van der Waals surface area contributed by atoms with Crippen LogP contribution in [0.1, 0.15) is 27.0 Å². The minimum atomic E-state index is -1.02. The molecule has 0 aliphatic carbocycles. The van der Waals surface area contributed by atoms with Crippen molar-refractivity contribution in [2.75, 3.05) is 7.05 Å². The molecule has 1 saturated heterocycles. The summed E-state index contributed by atoms with van der Waals surface area (Å²) >= 11 is 1.24. The highest BCUT2D eigenvalue weighted by atomic mass is 32.2. The molecule has 1 aliphatic heterocycles. The minimum absolute atomic E-state index is 0.143. The zero-order chi connectivity index (χ0) is 23.4. The molecule has 33 heavy (non-hydrogen) atoms. The number of nitrogens with zero attached hydrogens (tertiary/aromatic N) is 2. The van der Waals surface area contributed by atoms with Gasteiger partial charge in [0.2, 0.25) is 0 Å². The predicted molar refractivity (Wildman–Crippen MR) is 131 cm³/mol. The van der Waals surface area contributed by atoms with E-state index in [0.717, 1.165) is 11.1 Å². The summed E-state index contributed by atoms with van der Waals surface area (Å²) in [7, 11) is 1.65. The Morgan fingerprint density at radius 1 is 1.09 bits per heavy atom. The lowest BCUT2D eigenvalue weighted by Gasteiger charge is -2.10. The Labute approximate surface area is 196 Å². The molecule has 166 valence electrons. The summed E-state index contributed by atoms with van der Waals surface area (Å²) in [6.07, 6.45) is 1.80. The zero-order valence-electron chi connectivity index (χ0n) is 18.2. The number of carboxylic acids is 1. The lowest BCUT2D eigenvalue weighted by Crippen LogP contribution is -2.23. The molecular weight excluding hydrogens is 436 g/mol. The van der Waals surface area contributed by atoms with Gasteiger partial charge >= 0.3 is 5.97 Å². The summed E-state index contributed by atoms with van der Waals surface area (Å²) in [4.78, 5) is 30.5. The summed E-state index contributed by atoms with van der Waals surface area (Å²) < 4.78 is 6.03. The van der Waals surface area contributed by atoms with E-state index in [1.165, 1.54) is 34.4 Å². The van der Waals surface area contributed by atoms with Gasteiger partial charge in [0.05, 0.1) is 16.2 Å². The van der Waals surface area contributed by atoms with Crippen molar-refractivity contribution in [3.05, 3.63) is 100.0 Å². The average molecular weight is 459 g/mol. The zero-order valence-corrected chi connectivity index (χ0v) is 19.0. The molecule has 1 N–H and O–H groups in total. The van der Waals surface area contributed by atoms with Crippen LogP contribution in [0.15, 0.2) is 82.7 Å². The molecule has 4 rings (SSSR count). The number of ether oxygens (including phenoxy) is 1. The number of aliphatic imine (C=N–C) groups is 1. The standard InChI is InChI=1S/C26H22N2O4S/c1-17-10-12-18(13-11-17)16-32-22-9-4-3-6-19(22)15-23-24(29)28(2)26(33-23)27-21-8-5-7-20(14-21)25(30)31/h3-15H,16H2,1-2H3,(H,30,31)/b23-15+,27-26?. The number of rotatable bonds is 6. The number of aryl methyl sites for hydroxylation is 1. The smallest absolute Gasteiger partial charge is 0.335 e. The molecular formula is C26H22N2O4S. The second-order valence-electron chi connectivity index (χ2n) is 7.54. The van der Waals surface area contributed by atoms with Crippen LogP contribution in [0.4, 0.5) is 5.69 Å². The first kappa shape index (κ1) is 22.4. The van der Waals surface area contributed by atoms with Gasteiger partial charge in [0, 0.05) is 12.6 Å². The van der Waals surface area contributed by atoms with Gasteiger partial charge in [-0.2, -0.15) is 0 Å². The number of hydrogen-bond acceptors (Lipinski definition) is 5. The third kappa shape index (κ3) is 5.32. The number of carbonyl (C=O) groups excluding carboxylic acids is 1. The third-order valence-electron chi connectivity index (χ3n) is 5.04. The Hall–Kier alpha value is -3.84. The van der Waals surface area contributed by atoms with Crippen LogP contribution >= 0.6 is 11.8 Å². The van der Waals surface area contributed by atoms with E-state index in [0.29, 0.717) is 28.1 Å². The van der Waals surface area contributed by atoms with Gasteiger partial charge < -0.3 is 9.84 Å². The first-order valence-corrected chi connectivity index (χ1v) is 11.1. The maximum absolute atomic E-state index is 12.8. The van der Waals surface area contributed by atoms with Crippen LogP contribution in [-0.2, 0) is 11.4 Å². The van der Waals surface area contributed by atoms with Crippen LogP contribution in [0.5, 0.6) is 5.75 Å². The second-order valence-corrected chi connectivity index (χ2v) is 8.55. The van der Waals surface area contributed by atoms with Gasteiger partial charge in [-0.25, -0.2) is 9.79 Å². The first-order valence-electron chi connectivity index (χ1n) is 10.3. The van der Waals surface area contributed by atoms with Crippen LogP contribution in [0.3, 0.4) is 0 Å². The molecule has 0 spiro atoms. The Bertz CT molecular complexity index is 1270. The third-order valence-corrected chi connectivity index (χ3v) is 6.10. The fourth-order valence-corrected chi connectivity index (χ4v) is 4.17. The van der Waals surface area contributed by atoms with E-state index in [1.54, 1.807) is 25.3 Å². The van der Waals surface area contributed by atoms with Crippen LogP contribution in [0.2, 0.25) is 0 Å². The van der Waals surface area contributed by atoms with Crippen molar-refractivity contribution in [1.82, 2.24) is 4.90 Å². The van der Waals surface area contributed by atoms with Crippen LogP contribution in [0, 0.1) is 6.92 Å². The van der Waals surface area contributed by atoms with E-state index in [1.807, 2.05) is 55.5 Å². The molecule has 0 aromatic heterocycles. The van der Waals surface area contributed by atoms with Crippen molar-refractivity contribution >= 4 is 40.6 Å². The SMILES string of the molecule is Cc1ccc(COc2ccccc2/C=C2/SC(=Nc3cccc(C(=O)O)c3)N(C)C2=O)cc1. The lowest BCUT2D eigenvalue weighted by molar-refractivity contribution is -0.121. The molecule has 1 fully saturated rings. The van der Waals surface area contributed by atoms with Crippen LogP contribution in [0.25, 0.3) is 6.08 Å². The molecule has 7 heteroatoms. The number of amidine groups is 1. The van der Waals surface area contributed by atoms with E-state index in [4.69, 9.17) is 4.74 Å². The number of amides is 1. The normalized spacial score (nSPS) is 15.9. The van der Waals surface area contributed by atoms with Crippen molar-refractivity contribution in [2.45, 2.75) is 13.5 Å². The molecule has 0 saturated carbocycles. The van der Waals surface area contributed by atoms with Gasteiger partial charge in [-0.05, 0) is 54.6 Å². The number of aromatic carboxylic acids is 1. The van der Waals surface area contributed by atoms with Crippen LogP contribution < -0.4 is 4.74 Å². The molecule has 1 aliphatic rings. The Morgan fingerprint density at radius 3 is 2.61 bits per heavy atom. The van der Waals surface area contributed by atoms with Crippen molar-refractivity contribution in [3.8, 4) is 5.75 Å². The number of likely N-dealkylation sites (N-methyl/N-ethyl adjacent to an activating group) is 1. The Kier molecular flexibility index (Phi) is 6.60. The van der Waals surface area contributed by atoms with Gasteiger partial charge in [0.25, 0.3) is 5.91 Å². The lowest BCUT2D eigenvalue weighted by atomic mass is 10.1. The molecule has 6 nitrogen and oxygen atoms in total. The number of carbonyl (C=O) groups is 2. The number of benzene rings is 3. The molecule has 1 amide bonds. The highest BCUT2D eigenvalue weighted by Crippen LogP contribution is 2.35. The van der Waals surface area contributed by atoms with Crippen molar-refractivity contribution < 1.29 is 19.4 Å². The molecule has 0 bridgehead atoms. The summed E-state index contributed by atoms with van der Waals surface area (Å²) in [6.45, 7) is 2.47. The summed E-state index contributed by atoms with van der Waals surface area (Å²) in [5.74, 6) is -0.522. The van der Waals surface area contributed by atoms with Gasteiger partial charge in [-0.3, -0.25) is 9.69 Å². The largest absolute Gasteiger partial charge is 0.488 e. The highest BCUT2D eigenvalue weighted by Gasteiger charge is 2.30. The van der Waals surface area contributed by atoms with E-state index in [2.05, 4.69) is 4.99 Å². The maximum Gasteiger partial charge on any atom is 0.335 e. The quantitative estimate of drug-likeness (QED) is 0.493. The van der Waals surface area contributed by atoms with Crippen molar-refractivity contribution in [2.24, 2.45) is 4.99 Å². The molecule has 3 aromatic carbocycles.